The van der Waals surface area contributed by atoms with E-state index in [1.165, 1.54) is 0 Å². The molecule has 2 heteroatoms. The Hall–Kier alpha value is -1.57. The van der Waals surface area contributed by atoms with Gasteiger partial charge in [-0.2, -0.15) is 0 Å². The van der Waals surface area contributed by atoms with Crippen LogP contribution < -0.4 is 0 Å². The Morgan fingerprint density at radius 3 is 2.29 bits per heavy atom. The summed E-state index contributed by atoms with van der Waals surface area (Å²) in [6, 6.07) is 7.59. The summed E-state index contributed by atoms with van der Waals surface area (Å²) in [6.45, 7) is 3.66. The van der Waals surface area contributed by atoms with Crippen LogP contribution in [0.4, 0.5) is 0 Å². The number of aliphatic carboxylic acids is 1. The maximum absolute atomic E-state index is 11.0. The van der Waals surface area contributed by atoms with Gasteiger partial charge in [0, 0.05) is 0 Å². The van der Waals surface area contributed by atoms with Crippen molar-refractivity contribution in [3.05, 3.63) is 42.0 Å². The fourth-order valence-electron chi connectivity index (χ4n) is 1.69. The van der Waals surface area contributed by atoms with E-state index in [9.17, 15) is 4.79 Å². The topological polar surface area (TPSA) is 37.3 Å². The minimum absolute atomic E-state index is 0.584. The SMILES string of the molecule is C=Cc1ccc(C2(C(=O)O)CC2)cc1. The smallest absolute Gasteiger partial charge is 0.314 e. The Morgan fingerprint density at radius 2 is 1.93 bits per heavy atom. The molecule has 0 saturated heterocycles. The van der Waals surface area contributed by atoms with Crippen LogP contribution in [0.5, 0.6) is 0 Å². The number of hydrogen-bond donors (Lipinski definition) is 1. The number of benzene rings is 1. The monoisotopic (exact) mass is 188 g/mol. The van der Waals surface area contributed by atoms with Gasteiger partial charge >= 0.3 is 5.97 Å². The second-order valence-electron chi connectivity index (χ2n) is 3.71. The highest BCUT2D eigenvalue weighted by Crippen LogP contribution is 2.48. The summed E-state index contributed by atoms with van der Waals surface area (Å²) in [6.07, 6.45) is 3.27. The number of carboxylic acids is 1. The van der Waals surface area contributed by atoms with E-state index < -0.39 is 11.4 Å². The summed E-state index contributed by atoms with van der Waals surface area (Å²) < 4.78 is 0. The third-order valence-electron chi connectivity index (χ3n) is 2.86. The molecule has 1 saturated carbocycles. The fraction of sp³-hybridized carbons (Fsp3) is 0.250. The lowest BCUT2D eigenvalue weighted by atomic mass is 9.95. The molecule has 72 valence electrons. The molecule has 0 radical (unpaired) electrons. The Morgan fingerprint density at radius 1 is 1.36 bits per heavy atom. The average Bonchev–Trinajstić information content (AvgIpc) is 2.99. The van der Waals surface area contributed by atoms with Crippen LogP contribution in [-0.4, -0.2) is 11.1 Å². The summed E-state index contributed by atoms with van der Waals surface area (Å²) in [5.74, 6) is -0.705. The Labute approximate surface area is 82.9 Å². The van der Waals surface area contributed by atoms with E-state index in [2.05, 4.69) is 6.58 Å². The van der Waals surface area contributed by atoms with E-state index in [-0.39, 0.29) is 0 Å². The highest BCUT2D eigenvalue weighted by atomic mass is 16.4. The molecule has 1 aromatic carbocycles. The minimum atomic E-state index is -0.705. The predicted molar refractivity (Wildman–Crippen MR) is 55.1 cm³/mol. The molecule has 0 spiro atoms. The molecule has 0 bridgehead atoms. The van der Waals surface area contributed by atoms with E-state index in [4.69, 9.17) is 5.11 Å². The second kappa shape index (κ2) is 2.98. The molecule has 0 aliphatic heterocycles. The molecule has 0 heterocycles. The van der Waals surface area contributed by atoms with Gasteiger partial charge in [-0.05, 0) is 24.0 Å². The highest BCUT2D eigenvalue weighted by molar-refractivity contribution is 5.84. The molecule has 0 amide bonds. The van der Waals surface area contributed by atoms with Gasteiger partial charge in [-0.3, -0.25) is 4.79 Å². The van der Waals surface area contributed by atoms with E-state index in [0.717, 1.165) is 24.0 Å². The van der Waals surface area contributed by atoms with Crippen LogP contribution in [0, 0.1) is 0 Å². The summed E-state index contributed by atoms with van der Waals surface area (Å²) in [5.41, 5.74) is 1.35. The minimum Gasteiger partial charge on any atom is -0.481 e. The predicted octanol–water partition coefficient (Wildman–Crippen LogP) is 2.45. The third kappa shape index (κ3) is 1.23. The lowest BCUT2D eigenvalue weighted by Crippen LogP contribution is -2.19. The van der Waals surface area contributed by atoms with E-state index in [0.29, 0.717) is 0 Å². The molecular weight excluding hydrogens is 176 g/mol. The van der Waals surface area contributed by atoms with Crippen LogP contribution in [0.3, 0.4) is 0 Å². The van der Waals surface area contributed by atoms with Crippen LogP contribution >= 0.6 is 0 Å². The zero-order chi connectivity index (χ0) is 10.2. The molecule has 14 heavy (non-hydrogen) atoms. The largest absolute Gasteiger partial charge is 0.481 e. The average molecular weight is 188 g/mol. The first-order chi connectivity index (χ1) is 6.69. The van der Waals surface area contributed by atoms with Crippen molar-refractivity contribution >= 4 is 12.0 Å². The number of carboxylic acid groups (broad SMARTS) is 1. The van der Waals surface area contributed by atoms with E-state index >= 15 is 0 Å². The van der Waals surface area contributed by atoms with Crippen molar-refractivity contribution in [2.45, 2.75) is 18.3 Å². The van der Waals surface area contributed by atoms with Crippen molar-refractivity contribution in [3.8, 4) is 0 Å². The van der Waals surface area contributed by atoms with Crippen LogP contribution in [0.15, 0.2) is 30.8 Å². The normalized spacial score (nSPS) is 17.4. The van der Waals surface area contributed by atoms with Gasteiger partial charge in [-0.1, -0.05) is 36.9 Å². The number of carbonyl (C=O) groups is 1. The Kier molecular flexibility index (Phi) is 1.92. The van der Waals surface area contributed by atoms with Gasteiger partial charge in [0.2, 0.25) is 0 Å². The molecule has 1 aromatic rings. The summed E-state index contributed by atoms with van der Waals surface area (Å²) in [4.78, 5) is 11.0. The van der Waals surface area contributed by atoms with Crippen LogP contribution in [0.1, 0.15) is 24.0 Å². The number of rotatable bonds is 3. The molecule has 1 aliphatic carbocycles. The van der Waals surface area contributed by atoms with Crippen molar-refractivity contribution < 1.29 is 9.90 Å². The molecule has 0 unspecified atom stereocenters. The van der Waals surface area contributed by atoms with Crippen LogP contribution in [0.2, 0.25) is 0 Å². The zero-order valence-corrected chi connectivity index (χ0v) is 7.86. The van der Waals surface area contributed by atoms with Crippen LogP contribution in [-0.2, 0) is 10.2 Å². The van der Waals surface area contributed by atoms with Gasteiger partial charge in [0.25, 0.3) is 0 Å². The van der Waals surface area contributed by atoms with Crippen molar-refractivity contribution in [2.24, 2.45) is 0 Å². The van der Waals surface area contributed by atoms with Crippen molar-refractivity contribution in [2.75, 3.05) is 0 Å². The third-order valence-corrected chi connectivity index (χ3v) is 2.86. The van der Waals surface area contributed by atoms with E-state index in [1.54, 1.807) is 6.08 Å². The molecular formula is C12H12O2. The van der Waals surface area contributed by atoms with Gasteiger partial charge in [0.1, 0.15) is 0 Å². The quantitative estimate of drug-likeness (QED) is 0.791. The maximum Gasteiger partial charge on any atom is 0.314 e. The first-order valence-corrected chi connectivity index (χ1v) is 4.65. The molecule has 2 nitrogen and oxygen atoms in total. The highest BCUT2D eigenvalue weighted by Gasteiger charge is 2.51. The van der Waals surface area contributed by atoms with Crippen LogP contribution in [0.25, 0.3) is 6.08 Å². The molecule has 1 N–H and O–H groups in total. The van der Waals surface area contributed by atoms with Gasteiger partial charge in [0.15, 0.2) is 0 Å². The van der Waals surface area contributed by atoms with E-state index in [1.807, 2.05) is 24.3 Å². The van der Waals surface area contributed by atoms with Crippen molar-refractivity contribution in [1.82, 2.24) is 0 Å². The second-order valence-corrected chi connectivity index (χ2v) is 3.71. The molecule has 0 atom stereocenters. The van der Waals surface area contributed by atoms with Crippen molar-refractivity contribution in [1.29, 1.82) is 0 Å². The zero-order valence-electron chi connectivity index (χ0n) is 7.86. The molecule has 0 aromatic heterocycles. The lowest BCUT2D eigenvalue weighted by Gasteiger charge is -2.09. The van der Waals surface area contributed by atoms with Crippen molar-refractivity contribution in [3.63, 3.8) is 0 Å². The number of hydrogen-bond acceptors (Lipinski definition) is 1. The first kappa shape index (κ1) is 9.00. The lowest BCUT2D eigenvalue weighted by molar-refractivity contribution is -0.140. The van der Waals surface area contributed by atoms with Gasteiger partial charge < -0.3 is 5.11 Å². The first-order valence-electron chi connectivity index (χ1n) is 4.65. The summed E-state index contributed by atoms with van der Waals surface area (Å²) in [5, 5.41) is 9.06. The van der Waals surface area contributed by atoms with Gasteiger partial charge in [-0.15, -0.1) is 0 Å². The standard InChI is InChI=1S/C12H12O2/c1-2-9-3-5-10(6-4-9)12(7-8-12)11(13)14/h2-6H,1,7-8H2,(H,13,14). The summed E-state index contributed by atoms with van der Waals surface area (Å²) in [7, 11) is 0. The molecule has 1 aliphatic rings. The Balaban J connectivity index is 2.34. The maximum atomic E-state index is 11.0. The Bertz CT molecular complexity index is 372. The fourth-order valence-corrected chi connectivity index (χ4v) is 1.69. The van der Waals surface area contributed by atoms with Gasteiger partial charge in [-0.25, -0.2) is 0 Å². The van der Waals surface area contributed by atoms with Gasteiger partial charge in [0.05, 0.1) is 5.41 Å². The molecule has 2 rings (SSSR count). The molecule has 1 fully saturated rings. The summed E-state index contributed by atoms with van der Waals surface area (Å²) >= 11 is 0.